The number of hydrogen-bond donors (Lipinski definition) is 1. The molecule has 2 aromatic rings. The molecule has 0 radical (unpaired) electrons. The fourth-order valence-electron chi connectivity index (χ4n) is 2.86. The van der Waals surface area contributed by atoms with Gasteiger partial charge >= 0.3 is 0 Å². The molecule has 0 aromatic heterocycles. The van der Waals surface area contributed by atoms with Crippen LogP contribution in [0.5, 0.6) is 0 Å². The van der Waals surface area contributed by atoms with Gasteiger partial charge in [0.05, 0.1) is 9.79 Å². The highest BCUT2D eigenvalue weighted by atomic mass is 32.2. The number of nitrogens with one attached hydrogen (secondary N) is 1. The zero-order valence-corrected chi connectivity index (χ0v) is 19.2. The molecule has 0 fully saturated rings. The number of hydrogen-bond acceptors (Lipinski definition) is 4. The van der Waals surface area contributed by atoms with Crippen LogP contribution in [0.4, 0.5) is 5.69 Å². The van der Waals surface area contributed by atoms with Gasteiger partial charge in [0, 0.05) is 18.8 Å². The van der Waals surface area contributed by atoms with Gasteiger partial charge < -0.3 is 0 Å². The lowest BCUT2D eigenvalue weighted by Crippen LogP contribution is -2.37. The molecule has 0 aliphatic heterocycles. The van der Waals surface area contributed by atoms with E-state index in [2.05, 4.69) is 4.72 Å². The average Bonchev–Trinajstić information content (AvgIpc) is 2.61. The van der Waals surface area contributed by atoms with Crippen LogP contribution in [0.3, 0.4) is 0 Å². The van der Waals surface area contributed by atoms with E-state index in [-0.39, 0.29) is 21.6 Å². The van der Waals surface area contributed by atoms with Gasteiger partial charge in [-0.3, -0.25) is 4.72 Å². The van der Waals surface area contributed by atoms with Crippen LogP contribution in [0.2, 0.25) is 0 Å². The summed E-state index contributed by atoms with van der Waals surface area (Å²) in [6.45, 7) is 10.7. The maximum absolute atomic E-state index is 13.0. The van der Waals surface area contributed by atoms with Crippen molar-refractivity contribution in [3.8, 4) is 0 Å². The predicted octanol–water partition coefficient (Wildman–Crippen LogP) is 4.10. The van der Waals surface area contributed by atoms with Gasteiger partial charge in [0.1, 0.15) is 0 Å². The van der Waals surface area contributed by atoms with Crippen molar-refractivity contribution in [3.63, 3.8) is 0 Å². The third-order valence-electron chi connectivity index (χ3n) is 4.21. The normalized spacial score (nSPS) is 12.7. The standard InChI is InChI=1S/C21H30N2O4S2/c1-16(2)14-23(15-17(3)4)29(26,27)21-12-8-19(9-13-21)22-28(24,25)20-10-6-18(5)7-11-20/h6-13,16-17,22H,14-15H2,1-5H3. The maximum atomic E-state index is 13.0. The van der Waals surface area contributed by atoms with E-state index in [1.165, 1.54) is 40.7 Å². The summed E-state index contributed by atoms with van der Waals surface area (Å²) < 4.78 is 55.1. The summed E-state index contributed by atoms with van der Waals surface area (Å²) >= 11 is 0. The van der Waals surface area contributed by atoms with Crippen molar-refractivity contribution in [1.82, 2.24) is 4.31 Å². The van der Waals surface area contributed by atoms with E-state index in [1.54, 1.807) is 12.1 Å². The summed E-state index contributed by atoms with van der Waals surface area (Å²) in [5, 5.41) is 0. The molecule has 0 spiro atoms. The van der Waals surface area contributed by atoms with Gasteiger partial charge in [0.15, 0.2) is 0 Å². The molecule has 0 bridgehead atoms. The molecule has 6 nitrogen and oxygen atoms in total. The van der Waals surface area contributed by atoms with Crippen molar-refractivity contribution >= 4 is 25.7 Å². The van der Waals surface area contributed by atoms with Crippen LogP contribution in [0.1, 0.15) is 33.3 Å². The molecule has 160 valence electrons. The second-order valence-electron chi connectivity index (χ2n) is 8.05. The van der Waals surface area contributed by atoms with Gasteiger partial charge in [0.25, 0.3) is 10.0 Å². The first-order valence-electron chi connectivity index (χ1n) is 9.61. The van der Waals surface area contributed by atoms with Crippen LogP contribution in [0.25, 0.3) is 0 Å². The van der Waals surface area contributed by atoms with Crippen LogP contribution in [0, 0.1) is 18.8 Å². The van der Waals surface area contributed by atoms with Crippen LogP contribution in [0.15, 0.2) is 58.3 Å². The molecule has 0 aliphatic rings. The number of aryl methyl sites for hydroxylation is 1. The van der Waals surface area contributed by atoms with E-state index < -0.39 is 20.0 Å². The first kappa shape index (κ1) is 23.4. The third-order valence-corrected chi connectivity index (χ3v) is 7.46. The molecule has 2 rings (SSSR count). The second-order valence-corrected chi connectivity index (χ2v) is 11.7. The first-order chi connectivity index (χ1) is 13.4. The fraction of sp³-hybridized carbons (Fsp3) is 0.429. The fourth-order valence-corrected chi connectivity index (χ4v) is 5.69. The van der Waals surface area contributed by atoms with E-state index in [4.69, 9.17) is 0 Å². The van der Waals surface area contributed by atoms with Crippen molar-refractivity contribution in [1.29, 1.82) is 0 Å². The molecular weight excluding hydrogens is 408 g/mol. The summed E-state index contributed by atoms with van der Waals surface area (Å²) in [6, 6.07) is 12.3. The van der Waals surface area contributed by atoms with Crippen molar-refractivity contribution in [2.75, 3.05) is 17.8 Å². The zero-order chi connectivity index (χ0) is 21.8. The number of sulfonamides is 2. The average molecular weight is 439 g/mol. The van der Waals surface area contributed by atoms with Gasteiger partial charge in [-0.05, 0) is 55.2 Å². The number of rotatable bonds is 9. The third kappa shape index (κ3) is 6.29. The van der Waals surface area contributed by atoms with Crippen LogP contribution < -0.4 is 4.72 Å². The number of nitrogens with zero attached hydrogens (tertiary/aromatic N) is 1. The molecule has 0 amide bonds. The molecule has 1 N–H and O–H groups in total. The SMILES string of the molecule is Cc1ccc(S(=O)(=O)Nc2ccc(S(=O)(=O)N(CC(C)C)CC(C)C)cc2)cc1. The van der Waals surface area contributed by atoms with Crippen molar-refractivity contribution < 1.29 is 16.8 Å². The Kier molecular flexibility index (Phi) is 7.48. The van der Waals surface area contributed by atoms with E-state index in [0.29, 0.717) is 18.8 Å². The lowest BCUT2D eigenvalue weighted by Gasteiger charge is -2.25. The van der Waals surface area contributed by atoms with Crippen LogP contribution in [-0.2, 0) is 20.0 Å². The summed E-state index contributed by atoms with van der Waals surface area (Å²) in [5.41, 5.74) is 1.27. The Morgan fingerprint density at radius 1 is 0.759 bits per heavy atom. The Morgan fingerprint density at radius 2 is 1.21 bits per heavy atom. The summed E-state index contributed by atoms with van der Waals surface area (Å²) in [7, 11) is -7.39. The van der Waals surface area contributed by atoms with Gasteiger partial charge in [0.2, 0.25) is 10.0 Å². The maximum Gasteiger partial charge on any atom is 0.261 e. The highest BCUT2D eigenvalue weighted by Gasteiger charge is 2.26. The summed E-state index contributed by atoms with van der Waals surface area (Å²) in [6.07, 6.45) is 0. The lowest BCUT2D eigenvalue weighted by molar-refractivity contribution is 0.333. The van der Waals surface area contributed by atoms with Gasteiger partial charge in [-0.1, -0.05) is 45.4 Å². The lowest BCUT2D eigenvalue weighted by atomic mass is 10.2. The molecular formula is C21H30N2O4S2. The minimum absolute atomic E-state index is 0.150. The van der Waals surface area contributed by atoms with Gasteiger partial charge in [-0.2, -0.15) is 4.31 Å². The Bertz CT molecular complexity index is 1000. The topological polar surface area (TPSA) is 83.5 Å². The summed E-state index contributed by atoms with van der Waals surface area (Å²) in [4.78, 5) is 0.303. The minimum Gasteiger partial charge on any atom is -0.280 e. The quantitative estimate of drug-likeness (QED) is 0.639. The van der Waals surface area contributed by atoms with E-state index >= 15 is 0 Å². The van der Waals surface area contributed by atoms with Crippen molar-refractivity contribution in [2.45, 2.75) is 44.4 Å². The molecule has 0 atom stereocenters. The Balaban J connectivity index is 2.25. The number of anilines is 1. The molecule has 29 heavy (non-hydrogen) atoms. The van der Waals surface area contributed by atoms with E-state index in [0.717, 1.165) is 5.56 Å². The Labute approximate surface area is 175 Å². The highest BCUT2D eigenvalue weighted by molar-refractivity contribution is 7.92. The predicted molar refractivity (Wildman–Crippen MR) is 117 cm³/mol. The number of benzene rings is 2. The molecule has 8 heteroatoms. The van der Waals surface area contributed by atoms with Gasteiger partial charge in [-0.15, -0.1) is 0 Å². The Morgan fingerprint density at radius 3 is 1.66 bits per heavy atom. The largest absolute Gasteiger partial charge is 0.280 e. The van der Waals surface area contributed by atoms with Crippen LogP contribution in [-0.4, -0.2) is 34.2 Å². The van der Waals surface area contributed by atoms with Crippen LogP contribution >= 0.6 is 0 Å². The molecule has 2 aromatic carbocycles. The molecule has 0 saturated heterocycles. The Hall–Kier alpha value is -1.90. The molecule has 0 aliphatic carbocycles. The minimum atomic E-state index is -3.74. The summed E-state index contributed by atoms with van der Waals surface area (Å²) in [5.74, 6) is 0.397. The monoisotopic (exact) mass is 438 g/mol. The zero-order valence-electron chi connectivity index (χ0n) is 17.6. The van der Waals surface area contributed by atoms with Crippen molar-refractivity contribution in [2.24, 2.45) is 11.8 Å². The molecule has 0 saturated carbocycles. The second kappa shape index (κ2) is 9.28. The van der Waals surface area contributed by atoms with E-state index in [9.17, 15) is 16.8 Å². The first-order valence-corrected chi connectivity index (χ1v) is 12.5. The highest BCUT2D eigenvalue weighted by Crippen LogP contribution is 2.22. The smallest absolute Gasteiger partial charge is 0.261 e. The van der Waals surface area contributed by atoms with E-state index in [1.807, 2.05) is 34.6 Å². The van der Waals surface area contributed by atoms with Gasteiger partial charge in [-0.25, -0.2) is 16.8 Å². The molecule has 0 heterocycles. The molecule has 0 unspecified atom stereocenters. The van der Waals surface area contributed by atoms with Crippen molar-refractivity contribution in [3.05, 3.63) is 54.1 Å².